The van der Waals surface area contributed by atoms with E-state index in [0.717, 1.165) is 6.07 Å². The van der Waals surface area contributed by atoms with Crippen molar-refractivity contribution in [2.24, 2.45) is 0 Å². The molecule has 1 aromatic carbocycles. The predicted molar refractivity (Wildman–Crippen MR) is 72.2 cm³/mol. The first-order valence-corrected chi connectivity index (χ1v) is 6.27. The smallest absolute Gasteiger partial charge is 0.293 e. The Kier molecular flexibility index (Phi) is 3.51. The number of carbonyl (C=O) groups is 1. The first-order valence-electron chi connectivity index (χ1n) is 6.27. The van der Waals surface area contributed by atoms with Crippen LogP contribution >= 0.6 is 0 Å². The summed E-state index contributed by atoms with van der Waals surface area (Å²) in [7, 11) is 0. The molecule has 3 aromatic rings. The Labute approximate surface area is 123 Å². The highest BCUT2D eigenvalue weighted by atomic mass is 19.1. The SMILES string of the molecule is O=C(NO)c1cc2ncn(Cc3ccc(F)cc3F)c2cn1. The Morgan fingerprint density at radius 1 is 1.27 bits per heavy atom. The van der Waals surface area contributed by atoms with E-state index in [1.807, 2.05) is 0 Å². The van der Waals surface area contributed by atoms with Crippen LogP contribution in [0.2, 0.25) is 0 Å². The lowest BCUT2D eigenvalue weighted by Crippen LogP contribution is -2.19. The highest BCUT2D eigenvalue weighted by Gasteiger charge is 2.11. The van der Waals surface area contributed by atoms with Crippen LogP contribution in [0.1, 0.15) is 16.1 Å². The van der Waals surface area contributed by atoms with Crippen LogP contribution in [0.4, 0.5) is 8.78 Å². The molecule has 0 bridgehead atoms. The molecular weight excluding hydrogens is 294 g/mol. The van der Waals surface area contributed by atoms with Gasteiger partial charge in [-0.3, -0.25) is 10.0 Å². The molecule has 0 radical (unpaired) electrons. The third-order valence-corrected chi connectivity index (χ3v) is 3.20. The number of aromatic nitrogens is 3. The van der Waals surface area contributed by atoms with E-state index >= 15 is 0 Å². The molecule has 0 fully saturated rings. The third-order valence-electron chi connectivity index (χ3n) is 3.20. The van der Waals surface area contributed by atoms with Crippen LogP contribution < -0.4 is 5.48 Å². The average molecular weight is 304 g/mol. The highest BCUT2D eigenvalue weighted by molar-refractivity contribution is 5.94. The third kappa shape index (κ3) is 2.51. The maximum absolute atomic E-state index is 13.7. The van der Waals surface area contributed by atoms with Gasteiger partial charge >= 0.3 is 0 Å². The molecule has 0 saturated heterocycles. The van der Waals surface area contributed by atoms with Crippen LogP contribution in [0.5, 0.6) is 0 Å². The van der Waals surface area contributed by atoms with E-state index in [-0.39, 0.29) is 12.2 Å². The van der Waals surface area contributed by atoms with E-state index in [1.54, 1.807) is 4.57 Å². The van der Waals surface area contributed by atoms with Crippen LogP contribution in [-0.2, 0) is 6.54 Å². The number of carbonyl (C=O) groups excluding carboxylic acids is 1. The Balaban J connectivity index is 1.96. The molecular formula is C14H10F2N4O2. The number of imidazole rings is 1. The lowest BCUT2D eigenvalue weighted by Gasteiger charge is -2.06. The summed E-state index contributed by atoms with van der Waals surface area (Å²) in [4.78, 5) is 19.3. The van der Waals surface area contributed by atoms with Gasteiger partial charge in [0.1, 0.15) is 17.3 Å². The zero-order chi connectivity index (χ0) is 15.7. The van der Waals surface area contributed by atoms with E-state index in [1.165, 1.54) is 36.2 Å². The predicted octanol–water partition coefficient (Wildman–Crippen LogP) is 1.88. The minimum absolute atomic E-state index is 0.00760. The van der Waals surface area contributed by atoms with E-state index in [0.29, 0.717) is 16.6 Å². The van der Waals surface area contributed by atoms with Gasteiger partial charge in [-0.15, -0.1) is 0 Å². The number of hydrogen-bond acceptors (Lipinski definition) is 4. The fraction of sp³-hybridized carbons (Fsp3) is 0.0714. The molecule has 0 aliphatic carbocycles. The molecule has 8 heteroatoms. The first kappa shape index (κ1) is 14.1. The zero-order valence-corrected chi connectivity index (χ0v) is 11.1. The summed E-state index contributed by atoms with van der Waals surface area (Å²) in [6.07, 6.45) is 2.87. The minimum Gasteiger partial charge on any atom is -0.325 e. The molecule has 1 amide bonds. The molecule has 3 rings (SSSR count). The second-order valence-corrected chi connectivity index (χ2v) is 4.61. The highest BCUT2D eigenvalue weighted by Crippen LogP contribution is 2.17. The van der Waals surface area contributed by atoms with Crippen molar-refractivity contribution in [2.75, 3.05) is 0 Å². The van der Waals surface area contributed by atoms with Gasteiger partial charge in [-0.2, -0.15) is 0 Å². The molecule has 0 saturated carbocycles. The fourth-order valence-electron chi connectivity index (χ4n) is 2.10. The molecule has 6 nitrogen and oxygen atoms in total. The number of rotatable bonds is 3. The largest absolute Gasteiger partial charge is 0.325 e. The van der Waals surface area contributed by atoms with Crippen molar-refractivity contribution in [1.82, 2.24) is 20.0 Å². The second-order valence-electron chi connectivity index (χ2n) is 4.61. The summed E-state index contributed by atoms with van der Waals surface area (Å²) in [6.45, 7) is 0.149. The number of amides is 1. The maximum atomic E-state index is 13.7. The number of nitrogens with one attached hydrogen (secondary N) is 1. The number of hydrogen-bond donors (Lipinski definition) is 2. The van der Waals surface area contributed by atoms with Crippen molar-refractivity contribution < 1.29 is 18.8 Å². The monoisotopic (exact) mass is 304 g/mol. The van der Waals surface area contributed by atoms with Crippen molar-refractivity contribution in [1.29, 1.82) is 0 Å². The van der Waals surface area contributed by atoms with Gasteiger partial charge < -0.3 is 4.57 Å². The molecule has 0 atom stereocenters. The van der Waals surface area contributed by atoms with Gasteiger partial charge in [-0.25, -0.2) is 24.2 Å². The molecule has 2 aromatic heterocycles. The Morgan fingerprint density at radius 3 is 2.82 bits per heavy atom. The molecule has 0 unspecified atom stereocenters. The van der Waals surface area contributed by atoms with Gasteiger partial charge in [0.05, 0.1) is 30.1 Å². The van der Waals surface area contributed by atoms with Crippen molar-refractivity contribution in [3.63, 3.8) is 0 Å². The number of fused-ring (bicyclic) bond motifs is 1. The minimum atomic E-state index is -0.749. The fourth-order valence-corrected chi connectivity index (χ4v) is 2.10. The van der Waals surface area contributed by atoms with Crippen LogP contribution in [0.3, 0.4) is 0 Å². The summed E-state index contributed by atoms with van der Waals surface area (Å²) in [5.41, 5.74) is 2.85. The van der Waals surface area contributed by atoms with E-state index in [9.17, 15) is 13.6 Å². The number of benzene rings is 1. The van der Waals surface area contributed by atoms with Gasteiger partial charge in [-0.1, -0.05) is 6.07 Å². The quantitative estimate of drug-likeness (QED) is 0.572. The molecule has 2 heterocycles. The van der Waals surface area contributed by atoms with E-state index < -0.39 is 17.5 Å². The van der Waals surface area contributed by atoms with Gasteiger partial charge in [0.2, 0.25) is 0 Å². The van der Waals surface area contributed by atoms with Crippen LogP contribution in [0.15, 0.2) is 36.8 Å². The molecule has 2 N–H and O–H groups in total. The van der Waals surface area contributed by atoms with Crippen molar-refractivity contribution in [3.8, 4) is 0 Å². The van der Waals surface area contributed by atoms with Crippen molar-refractivity contribution in [3.05, 3.63) is 59.7 Å². The Hall–Kier alpha value is -2.87. The Bertz CT molecular complexity index is 863. The van der Waals surface area contributed by atoms with Gasteiger partial charge in [0, 0.05) is 11.6 Å². The van der Waals surface area contributed by atoms with Crippen LogP contribution in [0.25, 0.3) is 11.0 Å². The van der Waals surface area contributed by atoms with E-state index in [2.05, 4.69) is 9.97 Å². The van der Waals surface area contributed by atoms with Gasteiger partial charge in [-0.05, 0) is 12.1 Å². The lowest BCUT2D eigenvalue weighted by molar-refractivity contribution is 0.0701. The van der Waals surface area contributed by atoms with Gasteiger partial charge in [0.25, 0.3) is 5.91 Å². The summed E-state index contributed by atoms with van der Waals surface area (Å²) in [6, 6.07) is 4.76. The van der Waals surface area contributed by atoms with Crippen molar-refractivity contribution >= 4 is 16.9 Å². The van der Waals surface area contributed by atoms with Crippen molar-refractivity contribution in [2.45, 2.75) is 6.54 Å². The van der Waals surface area contributed by atoms with Crippen LogP contribution in [-0.4, -0.2) is 25.6 Å². The number of pyridine rings is 1. The summed E-state index contributed by atoms with van der Waals surface area (Å²) in [5, 5.41) is 8.58. The Morgan fingerprint density at radius 2 is 2.09 bits per heavy atom. The van der Waals surface area contributed by atoms with Crippen LogP contribution in [0, 0.1) is 11.6 Å². The summed E-state index contributed by atoms with van der Waals surface area (Å²) < 4.78 is 28.2. The summed E-state index contributed by atoms with van der Waals surface area (Å²) >= 11 is 0. The molecule has 0 spiro atoms. The topological polar surface area (TPSA) is 80.0 Å². The number of hydroxylamine groups is 1. The molecule has 0 aliphatic heterocycles. The van der Waals surface area contributed by atoms with E-state index in [4.69, 9.17) is 5.21 Å². The second kappa shape index (κ2) is 5.49. The number of halogens is 2. The maximum Gasteiger partial charge on any atom is 0.293 e. The molecule has 22 heavy (non-hydrogen) atoms. The lowest BCUT2D eigenvalue weighted by atomic mass is 10.2. The van der Waals surface area contributed by atoms with Gasteiger partial charge in [0.15, 0.2) is 0 Å². The standard InChI is InChI=1S/C14H10F2N4O2/c15-9-2-1-8(10(16)3-9)6-20-7-18-11-4-12(14(21)19-22)17-5-13(11)20/h1-5,7,22H,6H2,(H,19,21). The number of nitrogens with zero attached hydrogens (tertiary/aromatic N) is 3. The summed E-state index contributed by atoms with van der Waals surface area (Å²) in [5.74, 6) is -2.04. The molecule has 112 valence electrons. The first-order chi connectivity index (χ1) is 10.6. The average Bonchev–Trinajstić information content (AvgIpc) is 2.91. The zero-order valence-electron chi connectivity index (χ0n) is 11.1. The molecule has 0 aliphatic rings. The normalized spacial score (nSPS) is 10.9.